The van der Waals surface area contributed by atoms with Gasteiger partial charge in [0.15, 0.2) is 43.2 Å². The van der Waals surface area contributed by atoms with E-state index in [9.17, 15) is 50.4 Å². The first-order valence-corrected chi connectivity index (χ1v) is 14.8. The number of aliphatic hydroxyl groups excluding tert-OH is 6. The van der Waals surface area contributed by atoms with Crippen LogP contribution in [0, 0.1) is 23.7 Å². The third-order valence-corrected chi connectivity index (χ3v) is 10.4. The Hall–Kier alpha value is -1.58. The van der Waals surface area contributed by atoms with Crippen LogP contribution in [0.5, 0.6) is 0 Å². The lowest BCUT2D eigenvalue weighted by molar-refractivity contribution is -0.389. The quantitative estimate of drug-likeness (QED) is 0.145. The van der Waals surface area contributed by atoms with Gasteiger partial charge in [-0.15, -0.1) is 0 Å². The van der Waals surface area contributed by atoms with E-state index < -0.39 is 109 Å². The molecule has 19 atom stereocenters. The zero-order valence-corrected chi connectivity index (χ0v) is 24.2. The molecule has 2 bridgehead atoms. The molecule has 0 radical (unpaired) electrons. The van der Waals surface area contributed by atoms with Crippen LogP contribution >= 0.6 is 0 Å². The van der Waals surface area contributed by atoms with E-state index in [0.29, 0.717) is 12.8 Å². The third-order valence-electron chi connectivity index (χ3n) is 10.4. The number of carboxylic acids is 2. The summed E-state index contributed by atoms with van der Waals surface area (Å²) in [6, 6.07) is 0. The Kier molecular flexibility index (Phi) is 8.30. The van der Waals surface area contributed by atoms with E-state index in [4.69, 9.17) is 33.2 Å². The normalized spacial score (nSPS) is 57.0. The lowest BCUT2D eigenvalue weighted by Gasteiger charge is -2.59. The van der Waals surface area contributed by atoms with E-state index in [0.717, 1.165) is 6.42 Å². The molecule has 6 aliphatic rings. The number of carboxylic acid groups (broad SMARTS) is 2. The Morgan fingerprint density at radius 3 is 1.80 bits per heavy atom. The van der Waals surface area contributed by atoms with Crippen LogP contribution in [-0.4, -0.2) is 144 Å². The first-order valence-electron chi connectivity index (χ1n) is 14.8. The second kappa shape index (κ2) is 11.3. The molecule has 5 saturated heterocycles. The average Bonchev–Trinajstić information content (AvgIpc) is 3.21. The van der Waals surface area contributed by atoms with Crippen LogP contribution in [0.2, 0.25) is 0 Å². The van der Waals surface area contributed by atoms with E-state index in [-0.39, 0.29) is 17.8 Å². The Labute approximate surface area is 251 Å². The van der Waals surface area contributed by atoms with Gasteiger partial charge in [-0.2, -0.15) is 0 Å². The van der Waals surface area contributed by atoms with Crippen LogP contribution in [0.15, 0.2) is 0 Å². The number of aliphatic carboxylic acids is 2. The van der Waals surface area contributed by atoms with Gasteiger partial charge in [0.2, 0.25) is 0 Å². The highest BCUT2D eigenvalue weighted by Gasteiger charge is 2.74. The van der Waals surface area contributed by atoms with E-state index in [1.807, 2.05) is 13.8 Å². The summed E-state index contributed by atoms with van der Waals surface area (Å²) in [7, 11) is 0. The molecule has 6 rings (SSSR count). The van der Waals surface area contributed by atoms with Gasteiger partial charge < -0.3 is 74.0 Å². The van der Waals surface area contributed by atoms with E-state index >= 15 is 0 Å². The van der Waals surface area contributed by atoms with Crippen molar-refractivity contribution < 1.29 is 83.6 Å². The highest BCUT2D eigenvalue weighted by Crippen LogP contribution is 2.64. The van der Waals surface area contributed by atoms with E-state index in [1.54, 1.807) is 6.92 Å². The van der Waals surface area contributed by atoms with Gasteiger partial charge in [-0.25, -0.2) is 9.59 Å². The zero-order valence-electron chi connectivity index (χ0n) is 24.2. The number of fused-ring (bicyclic) bond motifs is 1. The summed E-state index contributed by atoms with van der Waals surface area (Å²) in [5.41, 5.74) is -0.984. The minimum Gasteiger partial charge on any atom is -0.479 e. The molecule has 1 saturated carbocycles. The molecule has 1 spiro atoms. The Bertz CT molecular complexity index is 1120. The standard InChI is InChI=1S/C27H40O17/c1-7-4-5-9-8(2)22(41-24-17(33)13(29)15(31)19(40-24)21(36)37)42-25-27(9)10(7)6-11(26(3,43-25)44-27)38-23-16(32)12(28)14(30)18(39-23)20(34)35/h7-19,22-25,28-33H,4-6H2,1-3H3,(H,34,35)(H,36,37)/t7-,8-,9+,10+,11?,12+,13+,14+,15+,16-,17-,18+,19+,22+,23-,24+,25-,26-,27+/m1/s1. The molecular weight excluding hydrogens is 596 g/mol. The van der Waals surface area contributed by atoms with Gasteiger partial charge in [0.1, 0.15) is 48.3 Å². The largest absolute Gasteiger partial charge is 0.479 e. The summed E-state index contributed by atoms with van der Waals surface area (Å²) in [5.74, 6) is -5.41. The van der Waals surface area contributed by atoms with Crippen LogP contribution in [0.4, 0.5) is 0 Å². The molecule has 6 fully saturated rings. The van der Waals surface area contributed by atoms with Crippen LogP contribution in [0.3, 0.4) is 0 Å². The first-order chi connectivity index (χ1) is 20.6. The van der Waals surface area contributed by atoms with Gasteiger partial charge in [0.25, 0.3) is 0 Å². The highest BCUT2D eigenvalue weighted by atomic mass is 16.9. The van der Waals surface area contributed by atoms with E-state index in [2.05, 4.69) is 0 Å². The fourth-order valence-corrected chi connectivity index (χ4v) is 8.02. The number of hydrogen-bond donors (Lipinski definition) is 8. The summed E-state index contributed by atoms with van der Waals surface area (Å²) < 4.78 is 42.0. The summed E-state index contributed by atoms with van der Waals surface area (Å²) >= 11 is 0. The lowest BCUT2D eigenvalue weighted by atomic mass is 9.57. The predicted molar refractivity (Wildman–Crippen MR) is 136 cm³/mol. The van der Waals surface area contributed by atoms with Crippen molar-refractivity contribution in [3.63, 3.8) is 0 Å². The van der Waals surface area contributed by atoms with Crippen molar-refractivity contribution in [1.82, 2.24) is 0 Å². The molecule has 44 heavy (non-hydrogen) atoms. The maximum atomic E-state index is 11.6. The van der Waals surface area contributed by atoms with Crippen molar-refractivity contribution in [2.24, 2.45) is 23.7 Å². The lowest BCUT2D eigenvalue weighted by Crippen LogP contribution is -2.69. The number of aliphatic hydroxyl groups is 6. The predicted octanol–water partition coefficient (Wildman–Crippen LogP) is -2.94. The fourth-order valence-electron chi connectivity index (χ4n) is 8.02. The minimum atomic E-state index is -1.89. The van der Waals surface area contributed by atoms with Crippen LogP contribution < -0.4 is 0 Å². The molecule has 0 aromatic heterocycles. The molecule has 5 aliphatic heterocycles. The number of ether oxygens (including phenoxy) is 7. The molecule has 250 valence electrons. The van der Waals surface area contributed by atoms with E-state index in [1.165, 1.54) is 0 Å². The molecular formula is C27H40O17. The molecule has 0 aromatic rings. The highest BCUT2D eigenvalue weighted by molar-refractivity contribution is 5.73. The molecule has 5 heterocycles. The minimum absolute atomic E-state index is 0.0761. The van der Waals surface area contributed by atoms with Crippen molar-refractivity contribution in [2.45, 2.75) is 132 Å². The van der Waals surface area contributed by atoms with Crippen molar-refractivity contribution in [3.8, 4) is 0 Å². The van der Waals surface area contributed by atoms with Gasteiger partial charge in [0.05, 0.1) is 0 Å². The van der Waals surface area contributed by atoms with Crippen LogP contribution in [0.1, 0.15) is 40.0 Å². The van der Waals surface area contributed by atoms with Crippen LogP contribution in [0.25, 0.3) is 0 Å². The van der Waals surface area contributed by atoms with Gasteiger partial charge in [-0.1, -0.05) is 13.8 Å². The Morgan fingerprint density at radius 1 is 0.705 bits per heavy atom. The SMILES string of the molecule is C[C@H]1[C@@H](O[C@@H]2O[C@H](C(=O)O)[C@@H](O)[C@H](O)[C@H]2O)O[C@@H]2O[C@]3(C)O[C@]24[C@H]1CC[C@@H](C)[C@@H]4CC3O[C@@H]1O[C@H](C(=O)O)[C@@H](O)[C@H](O)[C@H]1O. The number of hydrogen-bond acceptors (Lipinski definition) is 15. The molecule has 8 N–H and O–H groups in total. The molecule has 17 nitrogen and oxygen atoms in total. The fraction of sp³-hybridized carbons (Fsp3) is 0.926. The Balaban J connectivity index is 1.24. The van der Waals surface area contributed by atoms with Crippen molar-refractivity contribution in [1.29, 1.82) is 0 Å². The summed E-state index contributed by atoms with van der Waals surface area (Å²) in [5, 5.41) is 80.6. The smallest absolute Gasteiger partial charge is 0.335 e. The molecule has 0 aromatic carbocycles. The summed E-state index contributed by atoms with van der Waals surface area (Å²) in [6.07, 6.45) is -19.4. The molecule has 1 unspecified atom stereocenters. The second-order valence-electron chi connectivity index (χ2n) is 13.0. The monoisotopic (exact) mass is 636 g/mol. The van der Waals surface area contributed by atoms with Gasteiger partial charge >= 0.3 is 11.9 Å². The van der Waals surface area contributed by atoms with Gasteiger partial charge in [0, 0.05) is 11.8 Å². The molecule has 1 aliphatic carbocycles. The maximum Gasteiger partial charge on any atom is 0.335 e. The Morgan fingerprint density at radius 2 is 1.25 bits per heavy atom. The van der Waals surface area contributed by atoms with Crippen molar-refractivity contribution in [3.05, 3.63) is 0 Å². The third kappa shape index (κ3) is 4.80. The molecule has 17 heteroatoms. The average molecular weight is 637 g/mol. The summed E-state index contributed by atoms with van der Waals surface area (Å²) in [4.78, 5) is 23.2. The first kappa shape index (κ1) is 32.4. The summed E-state index contributed by atoms with van der Waals surface area (Å²) in [6.45, 7) is 5.48. The number of carbonyl (C=O) groups is 2. The zero-order chi connectivity index (χ0) is 32.0. The topological polar surface area (TPSA) is 261 Å². The van der Waals surface area contributed by atoms with Crippen molar-refractivity contribution in [2.75, 3.05) is 0 Å². The maximum absolute atomic E-state index is 11.6. The molecule has 0 amide bonds. The van der Waals surface area contributed by atoms with Crippen molar-refractivity contribution >= 4 is 11.9 Å². The van der Waals surface area contributed by atoms with Gasteiger partial charge in [-0.05, 0) is 38.0 Å². The van der Waals surface area contributed by atoms with Gasteiger partial charge in [-0.3, -0.25) is 0 Å². The second-order valence-corrected chi connectivity index (χ2v) is 13.0. The van der Waals surface area contributed by atoms with Crippen LogP contribution in [-0.2, 0) is 42.7 Å². The number of rotatable bonds is 6.